The lowest BCUT2D eigenvalue weighted by atomic mass is 9.96. The van der Waals surface area contributed by atoms with E-state index < -0.39 is 0 Å². The maximum atomic E-state index is 12.9. The predicted molar refractivity (Wildman–Crippen MR) is 95.5 cm³/mol. The third-order valence-corrected chi connectivity index (χ3v) is 4.67. The molecule has 1 saturated heterocycles. The summed E-state index contributed by atoms with van der Waals surface area (Å²) in [5, 5.41) is 2.24. The smallest absolute Gasteiger partial charge is 0.230 e. The van der Waals surface area contributed by atoms with Gasteiger partial charge in [0.25, 0.3) is 0 Å². The van der Waals surface area contributed by atoms with Crippen LogP contribution in [0.5, 0.6) is 5.75 Å². The zero-order valence-corrected chi connectivity index (χ0v) is 14.8. The van der Waals surface area contributed by atoms with Crippen molar-refractivity contribution in [2.75, 3.05) is 20.2 Å². The quantitative estimate of drug-likeness (QED) is 0.865. The number of rotatable bonds is 3. The summed E-state index contributed by atoms with van der Waals surface area (Å²) >= 11 is 0. The Bertz CT molecular complexity index is 733. The molecule has 0 aliphatic carbocycles. The average molecular weight is 327 g/mol. The number of methoxy groups -OCH3 is 1. The van der Waals surface area contributed by atoms with Gasteiger partial charge in [0.2, 0.25) is 5.91 Å². The van der Waals surface area contributed by atoms with Crippen molar-refractivity contribution >= 4 is 16.7 Å². The van der Waals surface area contributed by atoms with Gasteiger partial charge in [0, 0.05) is 13.1 Å². The minimum atomic E-state index is -0.158. The monoisotopic (exact) mass is 327 g/mol. The van der Waals surface area contributed by atoms with E-state index in [2.05, 4.69) is 12.1 Å². The van der Waals surface area contributed by atoms with Crippen LogP contribution in [0, 0.1) is 0 Å². The van der Waals surface area contributed by atoms with Gasteiger partial charge in [-0.3, -0.25) is 4.79 Å². The van der Waals surface area contributed by atoms with Crippen molar-refractivity contribution in [3.63, 3.8) is 0 Å². The Morgan fingerprint density at radius 3 is 2.42 bits per heavy atom. The van der Waals surface area contributed by atoms with Crippen LogP contribution in [0.4, 0.5) is 0 Å². The van der Waals surface area contributed by atoms with E-state index in [-0.39, 0.29) is 24.0 Å². The van der Waals surface area contributed by atoms with Gasteiger partial charge in [0.15, 0.2) is 0 Å². The third kappa shape index (κ3) is 3.39. The molecule has 24 heavy (non-hydrogen) atoms. The SMILES string of the molecule is COc1ccc2cc([C@H](C)C(=O)N3C[C@@H](C)O[C@@H](C)C3)ccc2c1. The zero-order chi connectivity index (χ0) is 17.3. The van der Waals surface area contributed by atoms with Gasteiger partial charge in [0.1, 0.15) is 5.75 Å². The van der Waals surface area contributed by atoms with E-state index in [0.29, 0.717) is 13.1 Å². The summed E-state index contributed by atoms with van der Waals surface area (Å²) in [6.45, 7) is 7.35. The fourth-order valence-corrected chi connectivity index (χ4v) is 3.41. The number of nitrogens with zero attached hydrogens (tertiary/aromatic N) is 1. The molecule has 1 heterocycles. The number of hydrogen-bond acceptors (Lipinski definition) is 3. The maximum Gasteiger partial charge on any atom is 0.230 e. The first kappa shape index (κ1) is 16.8. The van der Waals surface area contributed by atoms with E-state index in [4.69, 9.17) is 9.47 Å². The fourth-order valence-electron chi connectivity index (χ4n) is 3.41. The minimum Gasteiger partial charge on any atom is -0.497 e. The lowest BCUT2D eigenvalue weighted by molar-refractivity contribution is -0.144. The highest BCUT2D eigenvalue weighted by atomic mass is 16.5. The molecule has 4 heteroatoms. The van der Waals surface area contributed by atoms with Crippen molar-refractivity contribution in [2.24, 2.45) is 0 Å². The second-order valence-electron chi connectivity index (χ2n) is 6.69. The van der Waals surface area contributed by atoms with Crippen LogP contribution < -0.4 is 4.74 Å². The Morgan fingerprint density at radius 1 is 1.12 bits per heavy atom. The molecule has 0 spiro atoms. The number of ether oxygens (including phenoxy) is 2. The minimum absolute atomic E-state index is 0.0916. The number of hydrogen-bond donors (Lipinski definition) is 0. The van der Waals surface area contributed by atoms with Crippen molar-refractivity contribution < 1.29 is 14.3 Å². The number of carbonyl (C=O) groups excluding carboxylic acids is 1. The van der Waals surface area contributed by atoms with Gasteiger partial charge in [0.05, 0.1) is 25.2 Å². The largest absolute Gasteiger partial charge is 0.497 e. The summed E-state index contributed by atoms with van der Waals surface area (Å²) in [4.78, 5) is 14.8. The Labute approximate surface area is 143 Å². The van der Waals surface area contributed by atoms with E-state index in [0.717, 1.165) is 22.1 Å². The van der Waals surface area contributed by atoms with E-state index in [1.807, 2.05) is 49.9 Å². The molecule has 0 bridgehead atoms. The second kappa shape index (κ2) is 6.81. The van der Waals surface area contributed by atoms with Gasteiger partial charge in [-0.1, -0.05) is 24.3 Å². The van der Waals surface area contributed by atoms with Crippen LogP contribution >= 0.6 is 0 Å². The van der Waals surface area contributed by atoms with Gasteiger partial charge >= 0.3 is 0 Å². The number of benzene rings is 2. The molecule has 128 valence electrons. The molecule has 3 rings (SSSR count). The van der Waals surface area contributed by atoms with Crippen LogP contribution in [0.25, 0.3) is 10.8 Å². The first-order valence-corrected chi connectivity index (χ1v) is 8.50. The standard InChI is InChI=1S/C20H25NO3/c1-13-11-21(12-14(2)24-13)20(22)15(3)16-5-6-18-10-19(23-4)8-7-17(18)9-16/h5-10,13-15H,11-12H2,1-4H3/t13-,14+,15-/m0/s1. The predicted octanol–water partition coefficient (Wildman–Crippen LogP) is 3.59. The van der Waals surface area contributed by atoms with E-state index in [9.17, 15) is 4.79 Å². The molecule has 1 aliphatic heterocycles. The van der Waals surface area contributed by atoms with Crippen LogP contribution in [0.15, 0.2) is 36.4 Å². The van der Waals surface area contributed by atoms with Gasteiger partial charge in [-0.05, 0) is 49.2 Å². The molecule has 2 aromatic rings. The molecule has 0 N–H and O–H groups in total. The molecule has 0 radical (unpaired) electrons. The number of carbonyl (C=O) groups is 1. The molecule has 1 fully saturated rings. The fraction of sp³-hybridized carbons (Fsp3) is 0.450. The highest BCUT2D eigenvalue weighted by molar-refractivity contribution is 5.88. The Kier molecular flexibility index (Phi) is 4.76. The first-order chi connectivity index (χ1) is 11.5. The van der Waals surface area contributed by atoms with Gasteiger partial charge in [-0.25, -0.2) is 0 Å². The van der Waals surface area contributed by atoms with Crippen molar-refractivity contribution in [1.82, 2.24) is 4.90 Å². The second-order valence-corrected chi connectivity index (χ2v) is 6.69. The number of morpholine rings is 1. The summed E-state index contributed by atoms with van der Waals surface area (Å²) in [5.41, 5.74) is 1.05. The Hall–Kier alpha value is -2.07. The lowest BCUT2D eigenvalue weighted by Crippen LogP contribution is -2.49. The zero-order valence-electron chi connectivity index (χ0n) is 14.8. The van der Waals surface area contributed by atoms with Gasteiger partial charge < -0.3 is 14.4 Å². The van der Waals surface area contributed by atoms with E-state index in [1.165, 1.54) is 0 Å². The molecule has 0 aromatic heterocycles. The summed E-state index contributed by atoms with van der Waals surface area (Å²) in [7, 11) is 1.67. The van der Waals surface area contributed by atoms with Crippen LogP contribution in [-0.4, -0.2) is 43.2 Å². The molecule has 0 unspecified atom stereocenters. The molecule has 1 amide bonds. The topological polar surface area (TPSA) is 38.8 Å². The number of fused-ring (bicyclic) bond motifs is 1. The molecule has 1 aliphatic rings. The highest BCUT2D eigenvalue weighted by Gasteiger charge is 2.29. The third-order valence-electron chi connectivity index (χ3n) is 4.67. The average Bonchev–Trinajstić information content (AvgIpc) is 2.58. The summed E-state index contributed by atoms with van der Waals surface area (Å²) < 4.78 is 11.0. The van der Waals surface area contributed by atoms with Crippen molar-refractivity contribution in [2.45, 2.75) is 38.9 Å². The molecule has 0 saturated carbocycles. The lowest BCUT2D eigenvalue weighted by Gasteiger charge is -2.36. The summed E-state index contributed by atoms with van der Waals surface area (Å²) in [6.07, 6.45) is 0.183. The van der Waals surface area contributed by atoms with Gasteiger partial charge in [-0.2, -0.15) is 0 Å². The Morgan fingerprint density at radius 2 is 1.75 bits per heavy atom. The first-order valence-electron chi connectivity index (χ1n) is 8.50. The molecular formula is C20H25NO3. The van der Waals surface area contributed by atoms with Crippen LogP contribution in [0.1, 0.15) is 32.3 Å². The van der Waals surface area contributed by atoms with E-state index >= 15 is 0 Å². The Balaban J connectivity index is 1.82. The summed E-state index contributed by atoms with van der Waals surface area (Å²) in [6, 6.07) is 12.2. The normalized spacial score (nSPS) is 22.4. The van der Waals surface area contributed by atoms with Crippen LogP contribution in [0.3, 0.4) is 0 Å². The van der Waals surface area contributed by atoms with Crippen LogP contribution in [-0.2, 0) is 9.53 Å². The summed E-state index contributed by atoms with van der Waals surface area (Å²) in [5.74, 6) is 0.856. The molecule has 4 nitrogen and oxygen atoms in total. The molecular weight excluding hydrogens is 302 g/mol. The highest BCUT2D eigenvalue weighted by Crippen LogP contribution is 2.27. The number of amides is 1. The van der Waals surface area contributed by atoms with Gasteiger partial charge in [-0.15, -0.1) is 0 Å². The van der Waals surface area contributed by atoms with E-state index in [1.54, 1.807) is 7.11 Å². The van der Waals surface area contributed by atoms with Crippen LogP contribution in [0.2, 0.25) is 0 Å². The van der Waals surface area contributed by atoms with Crippen molar-refractivity contribution in [3.8, 4) is 5.75 Å². The molecule has 2 aromatic carbocycles. The maximum absolute atomic E-state index is 12.9. The van der Waals surface area contributed by atoms with Crippen molar-refractivity contribution in [1.29, 1.82) is 0 Å². The molecule has 3 atom stereocenters. The van der Waals surface area contributed by atoms with Crippen molar-refractivity contribution in [3.05, 3.63) is 42.0 Å².